The van der Waals surface area contributed by atoms with Gasteiger partial charge in [0.1, 0.15) is 0 Å². The minimum Gasteiger partial charge on any atom is -0.339 e. The summed E-state index contributed by atoms with van der Waals surface area (Å²) in [7, 11) is -3.89. The van der Waals surface area contributed by atoms with Crippen molar-refractivity contribution in [3.8, 4) is 0 Å². The Hall–Kier alpha value is -1.64. The van der Waals surface area contributed by atoms with Crippen molar-refractivity contribution >= 4 is 39.1 Å². The smallest absolute Gasteiger partial charge is 0.243 e. The fourth-order valence-electron chi connectivity index (χ4n) is 3.34. The summed E-state index contributed by atoms with van der Waals surface area (Å²) in [5.41, 5.74) is 0.751. The van der Waals surface area contributed by atoms with Gasteiger partial charge in [0.05, 0.1) is 11.4 Å². The van der Waals surface area contributed by atoms with Crippen molar-refractivity contribution in [3.63, 3.8) is 0 Å². The van der Waals surface area contributed by atoms with Crippen LogP contribution in [0.3, 0.4) is 0 Å². The molecule has 0 spiro atoms. The number of hydrogen-bond acceptors (Lipinski definition) is 4. The first-order valence-electron chi connectivity index (χ1n) is 9.80. The summed E-state index contributed by atoms with van der Waals surface area (Å²) < 4.78 is 27.8. The molecule has 0 bridgehead atoms. The average molecular weight is 470 g/mol. The van der Waals surface area contributed by atoms with Crippen LogP contribution in [-0.4, -0.2) is 67.7 Å². The zero-order chi connectivity index (χ0) is 21.7. The molecule has 6 nitrogen and oxygen atoms in total. The second-order valence-corrected chi connectivity index (χ2v) is 9.98. The molecular weight excluding hydrogens is 445 g/mol. The minimum atomic E-state index is -3.89. The number of likely N-dealkylation sites (N-methyl/N-ethyl adjacent to an activating group) is 1. The number of piperazine rings is 1. The topological polar surface area (TPSA) is 60.9 Å². The molecule has 2 aromatic rings. The minimum absolute atomic E-state index is 0.0722. The third-order valence-electron chi connectivity index (χ3n) is 5.21. The maximum absolute atomic E-state index is 13.3. The highest BCUT2D eigenvalue weighted by molar-refractivity contribution is 7.89. The van der Waals surface area contributed by atoms with Crippen LogP contribution < -0.4 is 0 Å². The first-order valence-corrected chi connectivity index (χ1v) is 12.0. The van der Waals surface area contributed by atoms with E-state index >= 15 is 0 Å². The Bertz CT molecular complexity index is 958. The highest BCUT2D eigenvalue weighted by atomic mass is 35.5. The number of carbonyl (C=O) groups excluding carboxylic acids is 1. The predicted octanol–water partition coefficient (Wildman–Crippen LogP) is 3.35. The molecule has 30 heavy (non-hydrogen) atoms. The van der Waals surface area contributed by atoms with Crippen LogP contribution in [-0.2, 0) is 21.4 Å². The Balaban J connectivity index is 1.82. The molecule has 0 aromatic heterocycles. The Morgan fingerprint density at radius 2 is 1.47 bits per heavy atom. The molecule has 1 amide bonds. The van der Waals surface area contributed by atoms with Crippen molar-refractivity contribution in [2.45, 2.75) is 18.4 Å². The van der Waals surface area contributed by atoms with Crippen LogP contribution in [0, 0.1) is 0 Å². The van der Waals surface area contributed by atoms with E-state index in [1.54, 1.807) is 29.2 Å². The van der Waals surface area contributed by atoms with Gasteiger partial charge in [-0.15, -0.1) is 0 Å². The average Bonchev–Trinajstić information content (AvgIpc) is 2.75. The van der Waals surface area contributed by atoms with Gasteiger partial charge in [0.25, 0.3) is 0 Å². The van der Waals surface area contributed by atoms with E-state index in [1.165, 1.54) is 28.6 Å². The number of amides is 1. The molecule has 0 atom stereocenters. The third kappa shape index (κ3) is 5.74. The standard InChI is InChI=1S/C21H25Cl2N3O3S/c1-2-24-11-13-25(14-12-24)21(27)16-26(15-17-3-5-18(22)6-4-17)30(28,29)20-9-7-19(23)8-10-20/h3-10H,2,11-16H2,1H3. The van der Waals surface area contributed by atoms with Gasteiger partial charge in [-0.1, -0.05) is 42.3 Å². The zero-order valence-corrected chi connectivity index (χ0v) is 19.1. The summed E-state index contributed by atoms with van der Waals surface area (Å²) in [6.45, 7) is 5.67. The van der Waals surface area contributed by atoms with Crippen molar-refractivity contribution in [1.82, 2.24) is 14.1 Å². The number of sulfonamides is 1. The van der Waals surface area contributed by atoms with E-state index in [2.05, 4.69) is 11.8 Å². The molecule has 9 heteroatoms. The maximum Gasteiger partial charge on any atom is 0.243 e. The van der Waals surface area contributed by atoms with Gasteiger partial charge in [0, 0.05) is 42.8 Å². The summed E-state index contributed by atoms with van der Waals surface area (Å²) in [4.78, 5) is 17.0. The number of benzene rings is 2. The highest BCUT2D eigenvalue weighted by Gasteiger charge is 2.29. The summed E-state index contributed by atoms with van der Waals surface area (Å²) in [5.74, 6) is -0.197. The first kappa shape index (κ1) is 23.0. The molecule has 3 rings (SSSR count). The number of halogens is 2. The lowest BCUT2D eigenvalue weighted by atomic mass is 10.2. The van der Waals surface area contributed by atoms with Crippen LogP contribution in [0.25, 0.3) is 0 Å². The normalized spacial score (nSPS) is 15.5. The van der Waals surface area contributed by atoms with E-state index in [0.29, 0.717) is 23.1 Å². The van der Waals surface area contributed by atoms with Crippen LogP contribution in [0.5, 0.6) is 0 Å². The van der Waals surface area contributed by atoms with Gasteiger partial charge < -0.3 is 9.80 Å². The fraction of sp³-hybridized carbons (Fsp3) is 0.381. The lowest BCUT2D eigenvalue weighted by Gasteiger charge is -2.35. The lowest BCUT2D eigenvalue weighted by Crippen LogP contribution is -2.51. The van der Waals surface area contributed by atoms with Crippen LogP contribution in [0.4, 0.5) is 0 Å². The van der Waals surface area contributed by atoms with Gasteiger partial charge in [0.15, 0.2) is 0 Å². The predicted molar refractivity (Wildman–Crippen MR) is 119 cm³/mol. The summed E-state index contributed by atoms with van der Waals surface area (Å²) in [5, 5.41) is 1.01. The molecule has 1 aliphatic heterocycles. The number of carbonyl (C=O) groups is 1. The molecule has 1 heterocycles. The van der Waals surface area contributed by atoms with Crippen LogP contribution >= 0.6 is 23.2 Å². The SMILES string of the molecule is CCN1CCN(C(=O)CN(Cc2ccc(Cl)cc2)S(=O)(=O)c2ccc(Cl)cc2)CC1. The lowest BCUT2D eigenvalue weighted by molar-refractivity contribution is -0.133. The Labute approximate surface area is 188 Å². The summed E-state index contributed by atoms with van der Waals surface area (Å²) in [6.07, 6.45) is 0. The van der Waals surface area contributed by atoms with Gasteiger partial charge in [0.2, 0.25) is 15.9 Å². The van der Waals surface area contributed by atoms with Crippen molar-refractivity contribution in [2.75, 3.05) is 39.3 Å². The molecule has 162 valence electrons. The van der Waals surface area contributed by atoms with Crippen molar-refractivity contribution < 1.29 is 13.2 Å². The Morgan fingerprint density at radius 1 is 0.933 bits per heavy atom. The third-order valence-corrected chi connectivity index (χ3v) is 7.52. The molecular formula is C21H25Cl2N3O3S. The number of nitrogens with zero attached hydrogens (tertiary/aromatic N) is 3. The highest BCUT2D eigenvalue weighted by Crippen LogP contribution is 2.21. The van der Waals surface area contributed by atoms with E-state index in [-0.39, 0.29) is 23.9 Å². The monoisotopic (exact) mass is 469 g/mol. The van der Waals surface area contributed by atoms with Gasteiger partial charge in [-0.25, -0.2) is 8.42 Å². The Morgan fingerprint density at radius 3 is 2.00 bits per heavy atom. The fourth-order valence-corrected chi connectivity index (χ4v) is 4.97. The maximum atomic E-state index is 13.3. The number of rotatable bonds is 7. The van der Waals surface area contributed by atoms with Crippen molar-refractivity contribution in [1.29, 1.82) is 0 Å². The first-order chi connectivity index (χ1) is 14.3. The molecule has 0 radical (unpaired) electrons. The molecule has 1 aliphatic rings. The molecule has 0 unspecified atom stereocenters. The molecule has 2 aromatic carbocycles. The van der Waals surface area contributed by atoms with Crippen LogP contribution in [0.2, 0.25) is 10.0 Å². The second-order valence-electron chi connectivity index (χ2n) is 7.17. The van der Waals surface area contributed by atoms with Gasteiger partial charge in [-0.3, -0.25) is 4.79 Å². The quantitative estimate of drug-likeness (QED) is 0.623. The summed E-state index contributed by atoms with van der Waals surface area (Å²) in [6, 6.07) is 12.9. The molecule has 0 saturated carbocycles. The molecule has 0 N–H and O–H groups in total. The molecule has 1 saturated heterocycles. The van der Waals surface area contributed by atoms with E-state index in [4.69, 9.17) is 23.2 Å². The van der Waals surface area contributed by atoms with E-state index < -0.39 is 10.0 Å². The number of hydrogen-bond donors (Lipinski definition) is 0. The molecule has 1 fully saturated rings. The van der Waals surface area contributed by atoms with Crippen molar-refractivity contribution in [3.05, 3.63) is 64.1 Å². The largest absolute Gasteiger partial charge is 0.339 e. The van der Waals surface area contributed by atoms with Gasteiger partial charge in [-0.05, 0) is 48.5 Å². The van der Waals surface area contributed by atoms with E-state index in [0.717, 1.165) is 25.2 Å². The van der Waals surface area contributed by atoms with E-state index in [1.807, 2.05) is 0 Å². The Kier molecular flexibility index (Phi) is 7.76. The van der Waals surface area contributed by atoms with Crippen molar-refractivity contribution in [2.24, 2.45) is 0 Å². The second kappa shape index (κ2) is 10.1. The summed E-state index contributed by atoms with van der Waals surface area (Å²) >= 11 is 11.9. The van der Waals surface area contributed by atoms with E-state index in [9.17, 15) is 13.2 Å². The van der Waals surface area contributed by atoms with Crippen LogP contribution in [0.1, 0.15) is 12.5 Å². The van der Waals surface area contributed by atoms with Gasteiger partial charge in [-0.2, -0.15) is 4.31 Å². The molecule has 0 aliphatic carbocycles. The van der Waals surface area contributed by atoms with Gasteiger partial charge >= 0.3 is 0 Å². The zero-order valence-electron chi connectivity index (χ0n) is 16.8. The van der Waals surface area contributed by atoms with Crippen LogP contribution in [0.15, 0.2) is 53.4 Å².